The van der Waals surface area contributed by atoms with Crippen LogP contribution in [0.15, 0.2) is 30.7 Å². The minimum atomic E-state index is -0.353. The maximum absolute atomic E-state index is 13.7. The van der Waals surface area contributed by atoms with Crippen molar-refractivity contribution in [3.05, 3.63) is 42.2 Å². The van der Waals surface area contributed by atoms with Crippen molar-refractivity contribution >= 4 is 5.69 Å². The Balaban J connectivity index is 2.04. The van der Waals surface area contributed by atoms with Crippen LogP contribution in [0.25, 0.3) is 0 Å². The summed E-state index contributed by atoms with van der Waals surface area (Å²) in [4.78, 5) is 4.14. The fraction of sp³-hybridized carbons (Fsp3) is 0.400. The molecule has 0 aliphatic heterocycles. The number of ether oxygens (including phenoxy) is 1. The molecule has 0 unspecified atom stereocenters. The third kappa shape index (κ3) is 3.29. The molecule has 1 heterocycles. The van der Waals surface area contributed by atoms with E-state index in [1.54, 1.807) is 12.4 Å². The molecule has 2 aromatic rings. The molecule has 0 spiro atoms. The summed E-state index contributed by atoms with van der Waals surface area (Å²) in [7, 11) is 0. The van der Waals surface area contributed by atoms with Gasteiger partial charge in [0, 0.05) is 24.0 Å². The van der Waals surface area contributed by atoms with E-state index in [4.69, 9.17) is 4.74 Å². The van der Waals surface area contributed by atoms with Crippen LogP contribution in [0.5, 0.6) is 5.75 Å². The van der Waals surface area contributed by atoms with E-state index in [1.165, 1.54) is 6.07 Å². The average molecular weight is 277 g/mol. The normalized spacial score (nSPS) is 10.8. The highest BCUT2D eigenvalue weighted by atomic mass is 19.1. The molecule has 1 N–H and O–H groups in total. The van der Waals surface area contributed by atoms with Crippen LogP contribution in [0.1, 0.15) is 32.5 Å². The lowest BCUT2D eigenvalue weighted by Gasteiger charge is -2.13. The van der Waals surface area contributed by atoms with Crippen LogP contribution >= 0.6 is 0 Å². The molecule has 20 heavy (non-hydrogen) atoms. The van der Waals surface area contributed by atoms with Crippen LogP contribution in [0.4, 0.5) is 10.1 Å². The third-order valence-electron chi connectivity index (χ3n) is 3.01. The first-order valence-corrected chi connectivity index (χ1v) is 6.78. The SMILES string of the molecule is CCOc1ccc(NCc2cncn2C(C)C)cc1F. The zero-order valence-electron chi connectivity index (χ0n) is 12.1. The number of hydrogen-bond donors (Lipinski definition) is 1. The highest BCUT2D eigenvalue weighted by Gasteiger charge is 2.07. The van der Waals surface area contributed by atoms with E-state index in [0.717, 1.165) is 11.4 Å². The van der Waals surface area contributed by atoms with Crippen molar-refractivity contribution in [2.24, 2.45) is 0 Å². The van der Waals surface area contributed by atoms with E-state index in [-0.39, 0.29) is 11.6 Å². The Hall–Kier alpha value is -2.04. The summed E-state index contributed by atoms with van der Waals surface area (Å²) in [5.74, 6) is -0.0699. The molecule has 0 atom stereocenters. The fourth-order valence-corrected chi connectivity index (χ4v) is 2.01. The quantitative estimate of drug-likeness (QED) is 0.876. The van der Waals surface area contributed by atoms with Gasteiger partial charge in [-0.05, 0) is 32.9 Å². The van der Waals surface area contributed by atoms with Crippen LogP contribution in [-0.4, -0.2) is 16.2 Å². The third-order valence-corrected chi connectivity index (χ3v) is 3.01. The zero-order chi connectivity index (χ0) is 14.5. The lowest BCUT2D eigenvalue weighted by Crippen LogP contribution is -2.09. The van der Waals surface area contributed by atoms with Crippen molar-refractivity contribution in [1.82, 2.24) is 9.55 Å². The topological polar surface area (TPSA) is 39.1 Å². The van der Waals surface area contributed by atoms with E-state index in [1.807, 2.05) is 19.2 Å². The molecular weight excluding hydrogens is 257 g/mol. The van der Waals surface area contributed by atoms with Crippen molar-refractivity contribution in [3.63, 3.8) is 0 Å². The Morgan fingerprint density at radius 1 is 1.40 bits per heavy atom. The number of hydrogen-bond acceptors (Lipinski definition) is 3. The summed E-state index contributed by atoms with van der Waals surface area (Å²) >= 11 is 0. The second-order valence-electron chi connectivity index (χ2n) is 4.82. The van der Waals surface area contributed by atoms with E-state index >= 15 is 0 Å². The number of aromatic nitrogens is 2. The number of rotatable bonds is 6. The predicted octanol–water partition coefficient (Wildman–Crippen LogP) is 3.61. The Bertz CT molecular complexity index is 566. The van der Waals surface area contributed by atoms with Gasteiger partial charge in [0.2, 0.25) is 0 Å². The van der Waals surface area contributed by atoms with E-state index in [0.29, 0.717) is 19.2 Å². The van der Waals surface area contributed by atoms with Gasteiger partial charge in [-0.15, -0.1) is 0 Å². The Labute approximate surface area is 118 Å². The highest BCUT2D eigenvalue weighted by molar-refractivity contribution is 5.47. The molecule has 4 nitrogen and oxygen atoms in total. The van der Waals surface area contributed by atoms with Crippen molar-refractivity contribution in [3.8, 4) is 5.75 Å². The van der Waals surface area contributed by atoms with Crippen LogP contribution in [0.3, 0.4) is 0 Å². The van der Waals surface area contributed by atoms with Gasteiger partial charge in [0.1, 0.15) is 0 Å². The number of nitrogens with zero attached hydrogens (tertiary/aromatic N) is 2. The maximum atomic E-state index is 13.7. The van der Waals surface area contributed by atoms with Gasteiger partial charge >= 0.3 is 0 Å². The second-order valence-corrected chi connectivity index (χ2v) is 4.82. The van der Waals surface area contributed by atoms with Crippen LogP contribution < -0.4 is 10.1 Å². The first kappa shape index (κ1) is 14.4. The molecule has 0 aliphatic carbocycles. The summed E-state index contributed by atoms with van der Waals surface area (Å²) in [6.45, 7) is 7.09. The minimum Gasteiger partial charge on any atom is -0.491 e. The average Bonchev–Trinajstić information content (AvgIpc) is 2.88. The number of imidazole rings is 1. The Morgan fingerprint density at radius 3 is 2.85 bits per heavy atom. The van der Waals surface area contributed by atoms with E-state index < -0.39 is 0 Å². The molecule has 0 saturated heterocycles. The monoisotopic (exact) mass is 277 g/mol. The van der Waals surface area contributed by atoms with E-state index in [9.17, 15) is 4.39 Å². The van der Waals surface area contributed by atoms with Crippen LogP contribution in [0, 0.1) is 5.82 Å². The minimum absolute atomic E-state index is 0.283. The number of anilines is 1. The summed E-state index contributed by atoms with van der Waals surface area (Å²) in [5, 5.41) is 3.20. The molecule has 0 aliphatic rings. The predicted molar refractivity (Wildman–Crippen MR) is 77.5 cm³/mol. The summed E-state index contributed by atoms with van der Waals surface area (Å²) in [6, 6.07) is 5.25. The molecule has 1 aromatic heterocycles. The van der Waals surface area contributed by atoms with Crippen molar-refractivity contribution < 1.29 is 9.13 Å². The highest BCUT2D eigenvalue weighted by Crippen LogP contribution is 2.21. The van der Waals surface area contributed by atoms with E-state index in [2.05, 4.69) is 28.7 Å². The molecule has 2 rings (SSSR count). The Morgan fingerprint density at radius 2 is 2.20 bits per heavy atom. The number of halogens is 1. The standard InChI is InChI=1S/C15H20FN3O/c1-4-20-15-6-5-12(7-14(15)16)18-9-13-8-17-10-19(13)11(2)3/h5-8,10-11,18H,4,9H2,1-3H3. The van der Waals surface area contributed by atoms with Gasteiger partial charge in [0.05, 0.1) is 25.2 Å². The second kappa shape index (κ2) is 6.41. The van der Waals surface area contributed by atoms with Gasteiger partial charge in [-0.25, -0.2) is 9.37 Å². The molecule has 1 aromatic carbocycles. The summed E-state index contributed by atoms with van der Waals surface area (Å²) < 4.78 is 21.0. The molecule has 0 fully saturated rings. The molecule has 0 bridgehead atoms. The van der Waals surface area contributed by atoms with Gasteiger partial charge < -0.3 is 14.6 Å². The Kier molecular flexibility index (Phi) is 4.61. The molecule has 0 radical (unpaired) electrons. The van der Waals surface area contributed by atoms with Crippen LogP contribution in [-0.2, 0) is 6.54 Å². The van der Waals surface area contributed by atoms with Crippen LogP contribution in [0.2, 0.25) is 0 Å². The molecule has 0 amide bonds. The van der Waals surface area contributed by atoms with Crippen molar-refractivity contribution in [1.29, 1.82) is 0 Å². The molecule has 5 heteroatoms. The van der Waals surface area contributed by atoms with Gasteiger partial charge in [0.25, 0.3) is 0 Å². The molecular formula is C15H20FN3O. The first-order chi connectivity index (χ1) is 9.61. The number of nitrogens with one attached hydrogen (secondary N) is 1. The first-order valence-electron chi connectivity index (χ1n) is 6.78. The largest absolute Gasteiger partial charge is 0.491 e. The van der Waals surface area contributed by atoms with Crippen molar-refractivity contribution in [2.45, 2.75) is 33.4 Å². The fourth-order valence-electron chi connectivity index (χ4n) is 2.01. The van der Waals surface area contributed by atoms with Gasteiger partial charge in [0.15, 0.2) is 11.6 Å². The molecule has 108 valence electrons. The number of benzene rings is 1. The molecule has 0 saturated carbocycles. The smallest absolute Gasteiger partial charge is 0.167 e. The maximum Gasteiger partial charge on any atom is 0.167 e. The lowest BCUT2D eigenvalue weighted by molar-refractivity contribution is 0.321. The zero-order valence-corrected chi connectivity index (χ0v) is 12.1. The van der Waals surface area contributed by atoms with Gasteiger partial charge in [-0.3, -0.25) is 0 Å². The van der Waals surface area contributed by atoms with Crippen molar-refractivity contribution in [2.75, 3.05) is 11.9 Å². The van der Waals surface area contributed by atoms with Gasteiger partial charge in [-0.1, -0.05) is 0 Å². The summed E-state index contributed by atoms with van der Waals surface area (Å²) in [6.07, 6.45) is 3.62. The lowest BCUT2D eigenvalue weighted by atomic mass is 10.2. The van der Waals surface area contributed by atoms with Gasteiger partial charge in [-0.2, -0.15) is 0 Å². The summed E-state index contributed by atoms with van der Waals surface area (Å²) in [5.41, 5.74) is 1.79.